The van der Waals surface area contributed by atoms with Crippen molar-refractivity contribution in [3.05, 3.63) is 141 Å². The number of halogens is 11. The highest BCUT2D eigenvalue weighted by Crippen LogP contribution is 2.42. The first-order valence-electron chi connectivity index (χ1n) is 14.4. The molecule has 0 saturated heterocycles. The van der Waals surface area contributed by atoms with E-state index in [9.17, 15) is 0 Å². The van der Waals surface area contributed by atoms with Gasteiger partial charge >= 0.3 is 0 Å². The van der Waals surface area contributed by atoms with E-state index in [1.54, 1.807) is 0 Å². The first kappa shape index (κ1) is 42.0. The predicted octanol–water partition coefficient (Wildman–Crippen LogP) is 16.9. The summed E-state index contributed by atoms with van der Waals surface area (Å²) in [5.41, 5.74) is 14.5. The van der Waals surface area contributed by atoms with E-state index in [-0.39, 0.29) is 0 Å². The fraction of sp³-hybridized carbons (Fsp3) is 0.0526. The van der Waals surface area contributed by atoms with Gasteiger partial charge in [0.2, 0.25) is 0 Å². The highest BCUT2D eigenvalue weighted by molar-refractivity contribution is 14.1. The van der Waals surface area contributed by atoms with Gasteiger partial charge in [0.25, 0.3) is 0 Å². The lowest BCUT2D eigenvalue weighted by Gasteiger charge is -2.18. The molecule has 0 heterocycles. The molecular formula is C38H19I11. The number of benzene rings is 6. The van der Waals surface area contributed by atoms with Crippen molar-refractivity contribution in [2.75, 3.05) is 0 Å². The Kier molecular flexibility index (Phi) is 15.7. The fourth-order valence-corrected chi connectivity index (χ4v) is 16.5. The molecular weight excluding hydrogens is 1850 g/mol. The molecule has 0 unspecified atom stereocenters. The highest BCUT2D eigenvalue weighted by Gasteiger charge is 2.20. The SMILES string of the molecule is Cc1c(-c2c(I)cccc2I)ccc(-c2cc(I)c(Cc3c(I)cc(-c4ccc(-c5c(I)cccc5I)c(I)c4I)cc3I)c(I)c2)c1I. The molecule has 0 saturated carbocycles. The maximum Gasteiger partial charge on any atom is 0.0349 e. The summed E-state index contributed by atoms with van der Waals surface area (Å²) in [6, 6.07) is 31.8. The maximum atomic E-state index is 2.55. The largest absolute Gasteiger partial charge is 0.0601 e. The van der Waals surface area contributed by atoms with Crippen molar-refractivity contribution < 1.29 is 0 Å². The third-order valence-electron chi connectivity index (χ3n) is 8.19. The molecule has 0 aliphatic carbocycles. The topological polar surface area (TPSA) is 0 Å². The lowest BCUT2D eigenvalue weighted by atomic mass is 9.94. The molecule has 248 valence electrons. The van der Waals surface area contributed by atoms with Gasteiger partial charge in [-0.25, -0.2) is 0 Å². The average Bonchev–Trinajstić information content (AvgIpc) is 3.03. The van der Waals surface area contributed by atoms with E-state index in [4.69, 9.17) is 0 Å². The second-order valence-electron chi connectivity index (χ2n) is 11.1. The molecule has 0 N–H and O–H groups in total. The summed E-state index contributed by atoms with van der Waals surface area (Å²) >= 11 is 27.7. The van der Waals surface area contributed by atoms with Crippen molar-refractivity contribution in [3.8, 4) is 44.5 Å². The zero-order valence-corrected chi connectivity index (χ0v) is 48.7. The van der Waals surface area contributed by atoms with E-state index < -0.39 is 0 Å². The number of hydrogen-bond acceptors (Lipinski definition) is 0. The number of hydrogen-bond donors (Lipinski definition) is 0. The van der Waals surface area contributed by atoms with Crippen LogP contribution in [0.25, 0.3) is 44.5 Å². The molecule has 6 rings (SSSR count). The summed E-state index contributed by atoms with van der Waals surface area (Å²) in [5, 5.41) is 0. The fourth-order valence-electron chi connectivity index (χ4n) is 5.69. The van der Waals surface area contributed by atoms with Gasteiger partial charge < -0.3 is 0 Å². The lowest BCUT2D eigenvalue weighted by molar-refractivity contribution is 1.13. The molecule has 0 fully saturated rings. The van der Waals surface area contributed by atoms with Gasteiger partial charge in [0.15, 0.2) is 0 Å². The van der Waals surface area contributed by atoms with Gasteiger partial charge in [0, 0.05) is 56.8 Å². The quantitative estimate of drug-likeness (QED) is 0.146. The van der Waals surface area contributed by atoms with Crippen LogP contribution in [-0.2, 0) is 6.42 Å². The van der Waals surface area contributed by atoms with Crippen LogP contribution in [0.15, 0.2) is 84.9 Å². The molecule has 6 aromatic carbocycles. The molecule has 0 aromatic heterocycles. The van der Waals surface area contributed by atoms with Crippen LogP contribution in [-0.4, -0.2) is 0 Å². The second-order valence-corrected chi connectivity index (χ2v) is 23.6. The van der Waals surface area contributed by atoms with Crippen LogP contribution in [0.4, 0.5) is 0 Å². The molecule has 49 heavy (non-hydrogen) atoms. The van der Waals surface area contributed by atoms with Gasteiger partial charge in [0.1, 0.15) is 0 Å². The smallest absolute Gasteiger partial charge is 0.0349 e. The monoisotopic (exact) mass is 1870 g/mol. The summed E-state index contributed by atoms with van der Waals surface area (Å²) in [7, 11) is 0. The Hall–Kier alpha value is 3.35. The van der Waals surface area contributed by atoms with E-state index in [0.29, 0.717) is 0 Å². The molecule has 0 bridgehead atoms. The zero-order chi connectivity index (χ0) is 35.3. The minimum Gasteiger partial charge on any atom is -0.0601 e. The van der Waals surface area contributed by atoms with E-state index >= 15 is 0 Å². The molecule has 0 atom stereocenters. The van der Waals surface area contributed by atoms with Gasteiger partial charge in [-0.05, 0) is 354 Å². The molecule has 11 heteroatoms. The molecule has 0 aliphatic heterocycles. The van der Waals surface area contributed by atoms with E-state index in [1.807, 2.05) is 0 Å². The van der Waals surface area contributed by atoms with Crippen molar-refractivity contribution in [1.82, 2.24) is 0 Å². The molecule has 0 spiro atoms. The predicted molar refractivity (Wildman–Crippen MR) is 302 cm³/mol. The molecule has 0 aliphatic rings. The lowest BCUT2D eigenvalue weighted by Crippen LogP contribution is -2.03. The van der Waals surface area contributed by atoms with Gasteiger partial charge in [-0.15, -0.1) is 0 Å². The minimum absolute atomic E-state index is 0.909. The molecule has 0 radical (unpaired) electrons. The van der Waals surface area contributed by atoms with Gasteiger partial charge in [0.05, 0.1) is 0 Å². The van der Waals surface area contributed by atoms with Crippen LogP contribution in [0.2, 0.25) is 0 Å². The van der Waals surface area contributed by atoms with Crippen LogP contribution < -0.4 is 0 Å². The van der Waals surface area contributed by atoms with Crippen molar-refractivity contribution >= 4 is 248 Å². The Morgan fingerprint density at radius 2 is 0.694 bits per heavy atom. The van der Waals surface area contributed by atoms with Crippen molar-refractivity contribution in [1.29, 1.82) is 0 Å². The van der Waals surface area contributed by atoms with Crippen LogP contribution in [0, 0.1) is 46.2 Å². The highest BCUT2D eigenvalue weighted by atomic mass is 127. The molecule has 0 nitrogen and oxygen atoms in total. The Morgan fingerprint density at radius 1 is 0.367 bits per heavy atom. The Morgan fingerprint density at radius 3 is 1.12 bits per heavy atom. The summed E-state index contributed by atoms with van der Waals surface area (Å²) in [6.45, 7) is 2.26. The first-order valence-corrected chi connectivity index (χ1v) is 26.3. The summed E-state index contributed by atoms with van der Waals surface area (Å²) in [5.74, 6) is 0. The van der Waals surface area contributed by atoms with Crippen LogP contribution >= 0.6 is 248 Å². The van der Waals surface area contributed by atoms with E-state index in [0.717, 1.165) is 6.42 Å². The van der Waals surface area contributed by atoms with Crippen molar-refractivity contribution in [3.63, 3.8) is 0 Å². The Bertz CT molecular complexity index is 2050. The standard InChI is InChI=1S/C38H19I11/c1-17-20(34-26(39)4-2-5-27(34)40)8-9-21(36(17)47)18-12-30(43)24(31(44)13-18)16-25-32(45)14-19(15-33(25)46)22-10-11-23(38(49)37(22)48)35-28(41)6-3-7-29(35)42/h2-15H,16H2,1H3. The van der Waals surface area contributed by atoms with Gasteiger partial charge in [-0.1, -0.05) is 36.4 Å². The maximum absolute atomic E-state index is 2.55. The normalized spacial score (nSPS) is 11.3. The second kappa shape index (κ2) is 18.3. The molecule has 0 amide bonds. The Labute approximate surface area is 437 Å². The van der Waals surface area contributed by atoms with Gasteiger partial charge in [-0.3, -0.25) is 0 Å². The third kappa shape index (κ3) is 9.08. The summed E-state index contributed by atoms with van der Waals surface area (Å²) < 4.78 is 14.3. The summed E-state index contributed by atoms with van der Waals surface area (Å²) in [6.07, 6.45) is 0.909. The van der Waals surface area contributed by atoms with Crippen LogP contribution in [0.1, 0.15) is 16.7 Å². The summed E-state index contributed by atoms with van der Waals surface area (Å²) in [4.78, 5) is 0. The van der Waals surface area contributed by atoms with Crippen molar-refractivity contribution in [2.45, 2.75) is 13.3 Å². The Balaban J connectivity index is 1.32. The van der Waals surface area contributed by atoms with Gasteiger partial charge in [-0.2, -0.15) is 0 Å². The third-order valence-corrected chi connectivity index (χ3v) is 20.3. The zero-order valence-electron chi connectivity index (χ0n) is 24.9. The average molecular weight is 1870 g/mol. The van der Waals surface area contributed by atoms with E-state index in [2.05, 4.69) is 340 Å². The number of rotatable bonds is 6. The van der Waals surface area contributed by atoms with Crippen LogP contribution in [0.3, 0.4) is 0 Å². The molecule has 6 aromatic rings. The van der Waals surface area contributed by atoms with E-state index in [1.165, 1.54) is 100 Å². The van der Waals surface area contributed by atoms with Crippen LogP contribution in [0.5, 0.6) is 0 Å². The van der Waals surface area contributed by atoms with Crippen molar-refractivity contribution in [2.24, 2.45) is 0 Å². The first-order chi connectivity index (χ1) is 23.3. The minimum atomic E-state index is 0.909.